The van der Waals surface area contributed by atoms with E-state index in [9.17, 15) is 0 Å². The predicted octanol–water partition coefficient (Wildman–Crippen LogP) is 3.61. The Morgan fingerprint density at radius 2 is 1.59 bits per heavy atom. The number of benzene rings is 2. The van der Waals surface area contributed by atoms with Crippen LogP contribution in [0.4, 0.5) is 11.8 Å². The van der Waals surface area contributed by atoms with Gasteiger partial charge in [0.1, 0.15) is 5.52 Å². The van der Waals surface area contributed by atoms with Crippen molar-refractivity contribution in [3.05, 3.63) is 66.2 Å². The summed E-state index contributed by atoms with van der Waals surface area (Å²) in [6.45, 7) is 4.52. The third-order valence-corrected chi connectivity index (χ3v) is 6.14. The molecule has 0 bridgehead atoms. The van der Waals surface area contributed by atoms with Gasteiger partial charge in [-0.2, -0.15) is 4.98 Å². The number of ether oxygens (including phenoxy) is 2. The SMILES string of the molecule is COc1ccc(-c2ccc3nc(N)nc(N4CCN(Cc5ccccc5)CC4)c3n2)cc1OC. The molecule has 2 aromatic heterocycles. The van der Waals surface area contributed by atoms with E-state index in [1.165, 1.54) is 5.56 Å². The van der Waals surface area contributed by atoms with Gasteiger partial charge >= 0.3 is 0 Å². The van der Waals surface area contributed by atoms with Crippen LogP contribution in [0.3, 0.4) is 0 Å². The monoisotopic (exact) mass is 456 g/mol. The van der Waals surface area contributed by atoms with Crippen LogP contribution in [-0.4, -0.2) is 60.3 Å². The van der Waals surface area contributed by atoms with Crippen molar-refractivity contribution in [2.45, 2.75) is 6.54 Å². The number of methoxy groups -OCH3 is 2. The van der Waals surface area contributed by atoms with E-state index in [2.05, 4.69) is 50.1 Å². The van der Waals surface area contributed by atoms with Gasteiger partial charge in [0, 0.05) is 38.3 Å². The standard InChI is InChI=1S/C26H28N6O2/c1-33-22-11-8-19(16-23(22)34-2)20-9-10-21-24(28-20)25(30-26(27)29-21)32-14-12-31(13-15-32)17-18-6-4-3-5-7-18/h3-11,16H,12-15,17H2,1-2H3,(H2,27,29,30). The van der Waals surface area contributed by atoms with Crippen LogP contribution < -0.4 is 20.1 Å². The smallest absolute Gasteiger partial charge is 0.222 e. The van der Waals surface area contributed by atoms with Crippen molar-refractivity contribution in [1.29, 1.82) is 0 Å². The van der Waals surface area contributed by atoms with E-state index in [-0.39, 0.29) is 5.95 Å². The third kappa shape index (κ3) is 4.45. The van der Waals surface area contributed by atoms with Crippen LogP contribution in [0.5, 0.6) is 11.5 Å². The third-order valence-electron chi connectivity index (χ3n) is 6.14. The topological polar surface area (TPSA) is 89.6 Å². The summed E-state index contributed by atoms with van der Waals surface area (Å²) < 4.78 is 10.8. The zero-order chi connectivity index (χ0) is 23.5. The van der Waals surface area contributed by atoms with Crippen molar-refractivity contribution < 1.29 is 9.47 Å². The molecule has 8 heteroatoms. The van der Waals surface area contributed by atoms with Crippen LogP contribution in [-0.2, 0) is 6.54 Å². The van der Waals surface area contributed by atoms with E-state index in [1.54, 1.807) is 14.2 Å². The maximum atomic E-state index is 6.06. The molecule has 174 valence electrons. The second-order valence-electron chi connectivity index (χ2n) is 8.29. The highest BCUT2D eigenvalue weighted by molar-refractivity contribution is 5.88. The molecule has 0 atom stereocenters. The van der Waals surface area contributed by atoms with Crippen molar-refractivity contribution in [3.8, 4) is 22.8 Å². The lowest BCUT2D eigenvalue weighted by atomic mass is 10.1. The van der Waals surface area contributed by atoms with Crippen molar-refractivity contribution >= 4 is 22.8 Å². The summed E-state index contributed by atoms with van der Waals surface area (Å²) in [5.74, 6) is 2.38. The molecule has 2 N–H and O–H groups in total. The van der Waals surface area contributed by atoms with Crippen molar-refractivity contribution in [2.24, 2.45) is 0 Å². The number of anilines is 2. The minimum absolute atomic E-state index is 0.259. The van der Waals surface area contributed by atoms with Crippen LogP contribution in [0, 0.1) is 0 Å². The maximum absolute atomic E-state index is 6.06. The fraction of sp³-hybridized carbons (Fsp3) is 0.269. The zero-order valence-corrected chi connectivity index (χ0v) is 19.4. The number of hydrogen-bond donors (Lipinski definition) is 1. The number of pyridine rings is 1. The Balaban J connectivity index is 1.42. The van der Waals surface area contributed by atoms with Gasteiger partial charge in [-0.25, -0.2) is 9.97 Å². The molecular weight excluding hydrogens is 428 g/mol. The van der Waals surface area contributed by atoms with Crippen LogP contribution in [0.2, 0.25) is 0 Å². The molecule has 5 rings (SSSR count). The molecule has 0 saturated carbocycles. The first-order valence-electron chi connectivity index (χ1n) is 11.3. The van der Waals surface area contributed by atoms with Gasteiger partial charge in [-0.15, -0.1) is 0 Å². The van der Waals surface area contributed by atoms with E-state index < -0.39 is 0 Å². The molecule has 0 unspecified atom stereocenters. The largest absolute Gasteiger partial charge is 0.493 e. The molecule has 1 saturated heterocycles. The number of fused-ring (bicyclic) bond motifs is 1. The van der Waals surface area contributed by atoms with Gasteiger partial charge < -0.3 is 20.1 Å². The summed E-state index contributed by atoms with van der Waals surface area (Å²) in [6, 6.07) is 20.2. The van der Waals surface area contributed by atoms with E-state index in [1.807, 2.05) is 30.3 Å². The first-order valence-corrected chi connectivity index (χ1v) is 11.3. The second kappa shape index (κ2) is 9.52. The van der Waals surface area contributed by atoms with Crippen LogP contribution in [0.15, 0.2) is 60.7 Å². The van der Waals surface area contributed by atoms with Gasteiger partial charge in [0.15, 0.2) is 17.3 Å². The lowest BCUT2D eigenvalue weighted by Gasteiger charge is -2.35. The number of rotatable bonds is 6. The maximum Gasteiger partial charge on any atom is 0.222 e. The molecule has 4 aromatic rings. The number of nitrogens with two attached hydrogens (primary N) is 1. The molecule has 0 spiro atoms. The van der Waals surface area contributed by atoms with E-state index in [0.717, 1.165) is 60.8 Å². The zero-order valence-electron chi connectivity index (χ0n) is 19.4. The van der Waals surface area contributed by atoms with Gasteiger partial charge in [-0.1, -0.05) is 30.3 Å². The Morgan fingerprint density at radius 1 is 0.824 bits per heavy atom. The van der Waals surface area contributed by atoms with Crippen LogP contribution in [0.1, 0.15) is 5.56 Å². The first kappa shape index (κ1) is 21.9. The van der Waals surface area contributed by atoms with Gasteiger partial charge in [-0.05, 0) is 35.9 Å². The highest BCUT2D eigenvalue weighted by Gasteiger charge is 2.22. The lowest BCUT2D eigenvalue weighted by Crippen LogP contribution is -2.46. The molecule has 0 amide bonds. The normalized spacial score (nSPS) is 14.4. The second-order valence-corrected chi connectivity index (χ2v) is 8.29. The quantitative estimate of drug-likeness (QED) is 0.471. The molecule has 3 heterocycles. The number of nitrogen functional groups attached to an aromatic ring is 1. The first-order chi connectivity index (χ1) is 16.6. The predicted molar refractivity (Wildman–Crippen MR) is 134 cm³/mol. The van der Waals surface area contributed by atoms with Gasteiger partial charge in [0.25, 0.3) is 0 Å². The molecule has 34 heavy (non-hydrogen) atoms. The lowest BCUT2D eigenvalue weighted by molar-refractivity contribution is 0.249. The summed E-state index contributed by atoms with van der Waals surface area (Å²) >= 11 is 0. The Bertz CT molecular complexity index is 1290. The highest BCUT2D eigenvalue weighted by atomic mass is 16.5. The van der Waals surface area contributed by atoms with Crippen LogP contribution in [0.25, 0.3) is 22.3 Å². The molecule has 8 nitrogen and oxygen atoms in total. The van der Waals surface area contributed by atoms with Gasteiger partial charge in [0.2, 0.25) is 5.95 Å². The average molecular weight is 457 g/mol. The average Bonchev–Trinajstić information content (AvgIpc) is 2.88. The van der Waals surface area contributed by atoms with Gasteiger partial charge in [-0.3, -0.25) is 4.90 Å². The van der Waals surface area contributed by atoms with Crippen LogP contribution >= 0.6 is 0 Å². The summed E-state index contributed by atoms with van der Waals surface area (Å²) in [6.07, 6.45) is 0. The molecule has 1 aliphatic heterocycles. The molecule has 1 aliphatic rings. The molecule has 1 fully saturated rings. The number of hydrogen-bond acceptors (Lipinski definition) is 8. The van der Waals surface area contributed by atoms with Crippen molar-refractivity contribution in [2.75, 3.05) is 51.0 Å². The fourth-order valence-corrected chi connectivity index (χ4v) is 4.35. The number of nitrogens with zero attached hydrogens (tertiary/aromatic N) is 5. The van der Waals surface area contributed by atoms with Crippen molar-refractivity contribution in [3.63, 3.8) is 0 Å². The van der Waals surface area contributed by atoms with E-state index in [0.29, 0.717) is 11.5 Å². The minimum atomic E-state index is 0.259. The number of aromatic nitrogens is 3. The molecule has 0 aliphatic carbocycles. The summed E-state index contributed by atoms with van der Waals surface area (Å²) in [5, 5.41) is 0. The molecule has 2 aromatic carbocycles. The molecule has 0 radical (unpaired) electrons. The summed E-state index contributed by atoms with van der Waals surface area (Å²) in [5.41, 5.74) is 10.6. The Kier molecular flexibility index (Phi) is 6.14. The Labute approximate surface area is 199 Å². The Morgan fingerprint density at radius 3 is 2.32 bits per heavy atom. The Hall–Kier alpha value is -3.91. The molecular formula is C26H28N6O2. The van der Waals surface area contributed by atoms with Gasteiger partial charge in [0.05, 0.1) is 25.4 Å². The van der Waals surface area contributed by atoms with E-state index >= 15 is 0 Å². The fourth-order valence-electron chi connectivity index (χ4n) is 4.35. The summed E-state index contributed by atoms with van der Waals surface area (Å²) in [4.78, 5) is 18.7. The minimum Gasteiger partial charge on any atom is -0.493 e. The summed E-state index contributed by atoms with van der Waals surface area (Å²) in [7, 11) is 3.25. The number of piperazine rings is 1. The van der Waals surface area contributed by atoms with Crippen molar-refractivity contribution in [1.82, 2.24) is 19.9 Å². The van der Waals surface area contributed by atoms with E-state index in [4.69, 9.17) is 20.2 Å². The highest BCUT2D eigenvalue weighted by Crippen LogP contribution is 2.33.